The molecule has 1 fully saturated rings. The largest absolute Gasteiger partial charge is 0.343 e. The molecular weight excluding hydrogens is 264 g/mol. The van der Waals surface area contributed by atoms with E-state index in [9.17, 15) is 9.59 Å². The van der Waals surface area contributed by atoms with Crippen LogP contribution in [0.2, 0.25) is 0 Å². The number of nitrogens with one attached hydrogen (secondary N) is 1. The highest BCUT2D eigenvalue weighted by Crippen LogP contribution is 2.35. The Morgan fingerprint density at radius 3 is 2.10 bits per heavy atom. The van der Waals surface area contributed by atoms with Crippen molar-refractivity contribution in [3.63, 3.8) is 0 Å². The van der Waals surface area contributed by atoms with Gasteiger partial charge in [0.05, 0.1) is 0 Å². The molecule has 1 aliphatic rings. The summed E-state index contributed by atoms with van der Waals surface area (Å²) in [6, 6.07) is -0.701. The molecule has 0 aromatic heterocycles. The maximum Gasteiger partial charge on any atom is 0.246 e. The fourth-order valence-electron chi connectivity index (χ4n) is 3.72. The molecule has 1 rings (SSSR count). The third-order valence-electron chi connectivity index (χ3n) is 4.05. The van der Waals surface area contributed by atoms with Crippen molar-refractivity contribution in [3.8, 4) is 0 Å². The molecule has 4 nitrogen and oxygen atoms in total. The summed E-state index contributed by atoms with van der Waals surface area (Å²) in [5.41, 5.74) is -0.212. The van der Waals surface area contributed by atoms with Crippen molar-refractivity contribution in [2.75, 3.05) is 0 Å². The van der Waals surface area contributed by atoms with Crippen LogP contribution in [-0.4, -0.2) is 34.3 Å². The first-order valence-corrected chi connectivity index (χ1v) is 8.17. The fraction of sp³-hybridized carbons (Fsp3) is 0.882. The smallest absolute Gasteiger partial charge is 0.246 e. The van der Waals surface area contributed by atoms with Crippen molar-refractivity contribution in [3.05, 3.63) is 0 Å². The summed E-state index contributed by atoms with van der Waals surface area (Å²) in [6.07, 6.45) is 3.13. The minimum Gasteiger partial charge on any atom is -0.343 e. The predicted octanol–water partition coefficient (Wildman–Crippen LogP) is 3.11. The number of carbonyl (C=O) groups excluding carboxylic acids is 2. The van der Waals surface area contributed by atoms with Crippen LogP contribution in [0.1, 0.15) is 74.1 Å². The molecule has 0 aromatic carbocycles. The van der Waals surface area contributed by atoms with E-state index in [-0.39, 0.29) is 34.9 Å². The van der Waals surface area contributed by atoms with Crippen LogP contribution >= 0.6 is 0 Å². The van der Waals surface area contributed by atoms with Gasteiger partial charge in [-0.2, -0.15) is 0 Å². The Morgan fingerprint density at radius 2 is 1.67 bits per heavy atom. The van der Waals surface area contributed by atoms with Gasteiger partial charge in [0.2, 0.25) is 11.8 Å². The third-order valence-corrected chi connectivity index (χ3v) is 4.05. The molecule has 0 bridgehead atoms. The van der Waals surface area contributed by atoms with Crippen molar-refractivity contribution >= 4 is 11.8 Å². The van der Waals surface area contributed by atoms with E-state index in [0.29, 0.717) is 12.8 Å². The van der Waals surface area contributed by atoms with Crippen molar-refractivity contribution in [2.24, 2.45) is 5.41 Å². The van der Waals surface area contributed by atoms with Gasteiger partial charge >= 0.3 is 0 Å². The topological polar surface area (TPSA) is 49.4 Å². The van der Waals surface area contributed by atoms with Gasteiger partial charge in [-0.3, -0.25) is 9.59 Å². The van der Waals surface area contributed by atoms with Crippen molar-refractivity contribution in [1.29, 1.82) is 0 Å². The van der Waals surface area contributed by atoms with Gasteiger partial charge in [0.1, 0.15) is 12.1 Å². The molecule has 1 saturated heterocycles. The van der Waals surface area contributed by atoms with Crippen molar-refractivity contribution in [1.82, 2.24) is 10.2 Å². The Balaban J connectivity index is 3.12. The monoisotopic (exact) mass is 296 g/mol. The molecule has 0 saturated carbocycles. The summed E-state index contributed by atoms with van der Waals surface area (Å²) >= 11 is 0. The van der Waals surface area contributed by atoms with Crippen LogP contribution in [0.5, 0.6) is 0 Å². The van der Waals surface area contributed by atoms with Crippen LogP contribution in [0.15, 0.2) is 0 Å². The highest BCUT2D eigenvalue weighted by Gasteiger charge is 2.46. The molecule has 1 N–H and O–H groups in total. The first kappa shape index (κ1) is 18.0. The van der Waals surface area contributed by atoms with Gasteiger partial charge in [0, 0.05) is 5.54 Å². The van der Waals surface area contributed by atoms with Crippen molar-refractivity contribution in [2.45, 2.75) is 91.8 Å². The molecule has 4 heteroatoms. The van der Waals surface area contributed by atoms with Gasteiger partial charge in [-0.1, -0.05) is 41.0 Å². The van der Waals surface area contributed by atoms with E-state index in [0.717, 1.165) is 12.8 Å². The standard InChI is InChI=1S/C17H32N2O2/c1-8-10-12-15(21)19(13(9-2)14(20)18-12)17(6,7)11-16(3,4)5/h12-13H,8-11H2,1-7H3,(H,18,20). The lowest BCUT2D eigenvalue weighted by Crippen LogP contribution is -2.68. The van der Waals surface area contributed by atoms with Crippen LogP contribution in [0, 0.1) is 5.41 Å². The number of nitrogens with zero attached hydrogens (tertiary/aromatic N) is 1. The second-order valence-corrected chi connectivity index (χ2v) is 8.03. The maximum absolute atomic E-state index is 12.9. The van der Waals surface area contributed by atoms with E-state index in [1.54, 1.807) is 0 Å². The van der Waals surface area contributed by atoms with E-state index in [4.69, 9.17) is 0 Å². The number of hydrogen-bond acceptors (Lipinski definition) is 2. The second-order valence-electron chi connectivity index (χ2n) is 8.03. The lowest BCUT2D eigenvalue weighted by Gasteiger charge is -2.49. The Hall–Kier alpha value is -1.06. The molecule has 21 heavy (non-hydrogen) atoms. The quantitative estimate of drug-likeness (QED) is 0.847. The molecule has 1 heterocycles. The zero-order valence-electron chi connectivity index (χ0n) is 14.7. The average molecular weight is 296 g/mol. The maximum atomic E-state index is 12.9. The fourth-order valence-corrected chi connectivity index (χ4v) is 3.72. The van der Waals surface area contributed by atoms with E-state index >= 15 is 0 Å². The molecular formula is C17H32N2O2. The summed E-state index contributed by atoms with van der Waals surface area (Å²) in [6.45, 7) is 14.7. The second kappa shape index (κ2) is 6.37. The summed E-state index contributed by atoms with van der Waals surface area (Å²) in [7, 11) is 0. The number of hydrogen-bond donors (Lipinski definition) is 1. The summed E-state index contributed by atoms with van der Waals surface area (Å²) < 4.78 is 0. The zero-order valence-corrected chi connectivity index (χ0v) is 14.7. The van der Waals surface area contributed by atoms with Gasteiger partial charge in [-0.05, 0) is 38.5 Å². The first-order valence-electron chi connectivity index (χ1n) is 8.17. The van der Waals surface area contributed by atoms with E-state index < -0.39 is 0 Å². The van der Waals surface area contributed by atoms with Crippen molar-refractivity contribution < 1.29 is 9.59 Å². The minimum atomic E-state index is -0.357. The molecule has 2 amide bonds. The first-order chi connectivity index (χ1) is 9.53. The molecule has 0 aromatic rings. The number of carbonyl (C=O) groups is 2. The van der Waals surface area contributed by atoms with Crippen LogP contribution in [0.4, 0.5) is 0 Å². The van der Waals surface area contributed by atoms with Crippen LogP contribution < -0.4 is 5.32 Å². The Morgan fingerprint density at radius 1 is 1.10 bits per heavy atom. The minimum absolute atomic E-state index is 0.00228. The molecule has 1 aliphatic heterocycles. The molecule has 0 spiro atoms. The molecule has 122 valence electrons. The van der Waals surface area contributed by atoms with E-state index in [2.05, 4.69) is 39.9 Å². The Labute approximate surface area is 129 Å². The number of piperazine rings is 1. The molecule has 0 aliphatic carbocycles. The summed E-state index contributed by atoms with van der Waals surface area (Å²) in [5.74, 6) is 0.0788. The SMILES string of the molecule is CCCC1NC(=O)C(CC)N(C(C)(C)CC(C)(C)C)C1=O. The molecule has 2 unspecified atom stereocenters. The number of amides is 2. The van der Waals surface area contributed by atoms with Gasteiger partial charge < -0.3 is 10.2 Å². The molecule has 0 radical (unpaired) electrons. The third kappa shape index (κ3) is 4.21. The molecule has 2 atom stereocenters. The average Bonchev–Trinajstić information content (AvgIpc) is 2.29. The highest BCUT2D eigenvalue weighted by atomic mass is 16.2. The van der Waals surface area contributed by atoms with Crippen LogP contribution in [-0.2, 0) is 9.59 Å². The Kier molecular flexibility index (Phi) is 5.46. The summed E-state index contributed by atoms with van der Waals surface area (Å²) in [5, 5.41) is 2.90. The van der Waals surface area contributed by atoms with E-state index in [1.165, 1.54) is 0 Å². The number of rotatable bonds is 5. The lowest BCUT2D eigenvalue weighted by atomic mass is 9.79. The zero-order chi connectivity index (χ0) is 16.4. The normalized spacial score (nSPS) is 24.2. The van der Waals surface area contributed by atoms with E-state index in [1.807, 2.05) is 18.7 Å². The van der Waals surface area contributed by atoms with Crippen LogP contribution in [0.3, 0.4) is 0 Å². The highest BCUT2D eigenvalue weighted by molar-refractivity contribution is 5.97. The Bertz CT molecular complexity index is 396. The van der Waals surface area contributed by atoms with Gasteiger partial charge in [0.25, 0.3) is 0 Å². The summed E-state index contributed by atoms with van der Waals surface area (Å²) in [4.78, 5) is 27.1. The van der Waals surface area contributed by atoms with Crippen LogP contribution in [0.25, 0.3) is 0 Å². The lowest BCUT2D eigenvalue weighted by molar-refractivity contribution is -0.157. The van der Waals surface area contributed by atoms with Gasteiger partial charge in [-0.15, -0.1) is 0 Å². The van der Waals surface area contributed by atoms with Gasteiger partial charge in [0.15, 0.2) is 0 Å². The van der Waals surface area contributed by atoms with Gasteiger partial charge in [-0.25, -0.2) is 0 Å². The predicted molar refractivity (Wildman–Crippen MR) is 85.9 cm³/mol.